The Morgan fingerprint density at radius 1 is 1.19 bits per heavy atom. The van der Waals surface area contributed by atoms with Crippen LogP contribution in [0.5, 0.6) is 5.75 Å². The zero-order valence-electron chi connectivity index (χ0n) is 11.3. The summed E-state index contributed by atoms with van der Waals surface area (Å²) in [7, 11) is 0. The predicted molar refractivity (Wildman–Crippen MR) is 68.3 cm³/mol. The Labute approximate surface area is 119 Å². The largest absolute Gasteiger partial charge is 0.503 e. The second-order valence-corrected chi connectivity index (χ2v) is 5.35. The van der Waals surface area contributed by atoms with Gasteiger partial charge in [0.05, 0.1) is 11.2 Å². The average Bonchev–Trinajstić information content (AvgIpc) is 2.47. The summed E-state index contributed by atoms with van der Waals surface area (Å²) < 4.78 is 39.6. The minimum Gasteiger partial charge on any atom is -0.503 e. The number of amides is 1. The number of hydrogen-bond acceptors (Lipinski definition) is 3. The van der Waals surface area contributed by atoms with Gasteiger partial charge in [-0.15, -0.1) is 0 Å². The highest BCUT2D eigenvalue weighted by Gasteiger charge is 2.30. The topological polar surface area (TPSA) is 69.6 Å². The highest BCUT2D eigenvalue weighted by atomic mass is 19.2. The van der Waals surface area contributed by atoms with Crippen molar-refractivity contribution in [3.8, 4) is 5.75 Å². The lowest BCUT2D eigenvalue weighted by atomic mass is 9.85. The van der Waals surface area contributed by atoms with Crippen molar-refractivity contribution in [1.29, 1.82) is 0 Å². The summed E-state index contributed by atoms with van der Waals surface area (Å²) in [4.78, 5) is 11.8. The summed E-state index contributed by atoms with van der Waals surface area (Å²) >= 11 is 0. The number of carbonyl (C=O) groups is 1. The van der Waals surface area contributed by atoms with Crippen molar-refractivity contribution < 1.29 is 28.2 Å². The van der Waals surface area contributed by atoms with Crippen molar-refractivity contribution in [3.05, 3.63) is 29.1 Å². The SMILES string of the molecule is O=C(NCC1(O)CCCCC1)c1cc(F)c(F)c(O)c1F. The minimum absolute atomic E-state index is 0.106. The quantitative estimate of drug-likeness (QED) is 0.750. The van der Waals surface area contributed by atoms with Crippen LogP contribution in [0.1, 0.15) is 42.5 Å². The van der Waals surface area contributed by atoms with Crippen LogP contribution in [0.3, 0.4) is 0 Å². The van der Waals surface area contributed by atoms with Gasteiger partial charge in [0.25, 0.3) is 5.91 Å². The first-order valence-electron chi connectivity index (χ1n) is 6.71. The van der Waals surface area contributed by atoms with E-state index in [-0.39, 0.29) is 6.54 Å². The first-order chi connectivity index (χ1) is 9.84. The summed E-state index contributed by atoms with van der Waals surface area (Å²) in [5, 5.41) is 21.6. The van der Waals surface area contributed by atoms with E-state index < -0.39 is 40.3 Å². The monoisotopic (exact) mass is 303 g/mol. The average molecular weight is 303 g/mol. The Balaban J connectivity index is 2.10. The van der Waals surface area contributed by atoms with Crippen LogP contribution in [-0.2, 0) is 0 Å². The third-order valence-electron chi connectivity index (χ3n) is 3.74. The van der Waals surface area contributed by atoms with Crippen LogP contribution in [-0.4, -0.2) is 28.3 Å². The molecule has 0 unspecified atom stereocenters. The molecule has 4 nitrogen and oxygen atoms in total. The van der Waals surface area contributed by atoms with Crippen LogP contribution >= 0.6 is 0 Å². The first-order valence-corrected chi connectivity index (χ1v) is 6.71. The van der Waals surface area contributed by atoms with Crippen LogP contribution in [0.4, 0.5) is 13.2 Å². The lowest BCUT2D eigenvalue weighted by Gasteiger charge is -2.32. The molecule has 1 amide bonds. The third-order valence-corrected chi connectivity index (χ3v) is 3.74. The standard InChI is InChI=1S/C14H16F3NO3/c15-9-6-8(10(16)12(19)11(9)17)13(20)18-7-14(21)4-2-1-3-5-14/h6,19,21H,1-5,7H2,(H,18,20). The maximum atomic E-state index is 13.6. The molecule has 1 aliphatic carbocycles. The molecule has 1 aromatic rings. The van der Waals surface area contributed by atoms with Gasteiger partial charge >= 0.3 is 0 Å². The van der Waals surface area contributed by atoms with E-state index in [2.05, 4.69) is 5.32 Å². The Bertz CT molecular complexity index is 557. The van der Waals surface area contributed by atoms with E-state index in [1.165, 1.54) is 0 Å². The fraction of sp³-hybridized carbons (Fsp3) is 0.500. The third kappa shape index (κ3) is 3.29. The van der Waals surface area contributed by atoms with Gasteiger partial charge in [-0.1, -0.05) is 19.3 Å². The number of benzene rings is 1. The van der Waals surface area contributed by atoms with Crippen LogP contribution < -0.4 is 5.32 Å². The highest BCUT2D eigenvalue weighted by molar-refractivity contribution is 5.95. The summed E-state index contributed by atoms with van der Waals surface area (Å²) in [5.41, 5.74) is -1.86. The van der Waals surface area contributed by atoms with Crippen molar-refractivity contribution in [2.45, 2.75) is 37.7 Å². The van der Waals surface area contributed by atoms with Crippen LogP contribution in [0.2, 0.25) is 0 Å². The number of halogens is 3. The molecule has 1 aliphatic rings. The lowest BCUT2D eigenvalue weighted by molar-refractivity contribution is 0.00521. The van der Waals surface area contributed by atoms with Gasteiger partial charge < -0.3 is 15.5 Å². The Hall–Kier alpha value is -1.76. The van der Waals surface area contributed by atoms with E-state index in [9.17, 15) is 23.1 Å². The number of nitrogens with one attached hydrogen (secondary N) is 1. The second kappa shape index (κ2) is 5.93. The van der Waals surface area contributed by atoms with Crippen molar-refractivity contribution in [1.82, 2.24) is 5.32 Å². The highest BCUT2D eigenvalue weighted by Crippen LogP contribution is 2.28. The Kier molecular flexibility index (Phi) is 4.41. The number of phenolic OH excluding ortho intramolecular Hbond substituents is 1. The van der Waals surface area contributed by atoms with Crippen molar-refractivity contribution in [2.75, 3.05) is 6.54 Å². The Morgan fingerprint density at radius 2 is 1.81 bits per heavy atom. The second-order valence-electron chi connectivity index (χ2n) is 5.35. The number of phenols is 1. The molecular formula is C14H16F3NO3. The van der Waals surface area contributed by atoms with Crippen LogP contribution in [0, 0.1) is 17.5 Å². The number of aliphatic hydroxyl groups is 1. The van der Waals surface area contributed by atoms with Crippen molar-refractivity contribution in [2.24, 2.45) is 0 Å². The van der Waals surface area contributed by atoms with Gasteiger partial charge in [-0.3, -0.25) is 4.79 Å². The molecule has 3 N–H and O–H groups in total. The van der Waals surface area contributed by atoms with E-state index in [0.717, 1.165) is 19.3 Å². The number of aromatic hydroxyl groups is 1. The molecule has 1 saturated carbocycles. The van der Waals surface area contributed by atoms with Gasteiger partial charge in [-0.05, 0) is 18.9 Å². The molecule has 0 aliphatic heterocycles. The van der Waals surface area contributed by atoms with Gasteiger partial charge in [0.2, 0.25) is 5.82 Å². The molecular weight excluding hydrogens is 287 g/mol. The molecule has 1 fully saturated rings. The predicted octanol–water partition coefficient (Wildman–Crippen LogP) is 2.23. The summed E-state index contributed by atoms with van der Waals surface area (Å²) in [6, 6.07) is 0.380. The van der Waals surface area contributed by atoms with Gasteiger partial charge in [0, 0.05) is 6.54 Å². The molecule has 1 aromatic carbocycles. The summed E-state index contributed by atoms with van der Waals surface area (Å²) in [6.07, 6.45) is 3.68. The van der Waals surface area contributed by atoms with Gasteiger partial charge in [0.1, 0.15) is 0 Å². The smallest absolute Gasteiger partial charge is 0.254 e. The van der Waals surface area contributed by atoms with Gasteiger partial charge in [0.15, 0.2) is 17.4 Å². The molecule has 7 heteroatoms. The molecule has 116 valence electrons. The zero-order valence-corrected chi connectivity index (χ0v) is 11.3. The van der Waals surface area contributed by atoms with Crippen molar-refractivity contribution >= 4 is 5.91 Å². The van der Waals surface area contributed by atoms with Crippen LogP contribution in [0.15, 0.2) is 6.07 Å². The van der Waals surface area contributed by atoms with E-state index >= 15 is 0 Å². The number of carbonyl (C=O) groups excluding carboxylic acids is 1. The fourth-order valence-electron chi connectivity index (χ4n) is 2.48. The molecule has 0 saturated heterocycles. The van der Waals surface area contributed by atoms with Gasteiger partial charge in [-0.2, -0.15) is 4.39 Å². The molecule has 0 spiro atoms. The maximum Gasteiger partial charge on any atom is 0.254 e. The molecule has 0 radical (unpaired) electrons. The number of rotatable bonds is 3. The van der Waals surface area contributed by atoms with E-state index in [1.807, 2.05) is 0 Å². The molecule has 0 bridgehead atoms. The summed E-state index contributed by atoms with van der Waals surface area (Å²) in [6.45, 7) is -0.106. The van der Waals surface area contributed by atoms with E-state index in [0.29, 0.717) is 18.9 Å². The maximum absolute atomic E-state index is 13.6. The molecule has 0 atom stereocenters. The van der Waals surface area contributed by atoms with Crippen LogP contribution in [0.25, 0.3) is 0 Å². The van der Waals surface area contributed by atoms with Gasteiger partial charge in [-0.25, -0.2) is 8.78 Å². The zero-order chi connectivity index (χ0) is 15.6. The fourth-order valence-corrected chi connectivity index (χ4v) is 2.48. The minimum atomic E-state index is -1.74. The normalized spacial score (nSPS) is 17.5. The summed E-state index contributed by atoms with van der Waals surface area (Å²) in [5.74, 6) is -7.33. The molecule has 2 rings (SSSR count). The Morgan fingerprint density at radius 3 is 2.43 bits per heavy atom. The van der Waals surface area contributed by atoms with Crippen molar-refractivity contribution in [3.63, 3.8) is 0 Å². The molecule has 0 heterocycles. The molecule has 21 heavy (non-hydrogen) atoms. The number of hydrogen-bond donors (Lipinski definition) is 3. The lowest BCUT2D eigenvalue weighted by Crippen LogP contribution is -2.44. The van der Waals surface area contributed by atoms with E-state index in [4.69, 9.17) is 5.11 Å². The first kappa shape index (κ1) is 15.6. The van der Waals surface area contributed by atoms with E-state index in [1.54, 1.807) is 0 Å². The molecule has 0 aromatic heterocycles.